The van der Waals surface area contributed by atoms with Crippen molar-refractivity contribution in [2.75, 3.05) is 42.9 Å². The lowest BCUT2D eigenvalue weighted by Crippen LogP contribution is -2.36. The summed E-state index contributed by atoms with van der Waals surface area (Å²) in [5.74, 6) is 1.43. The van der Waals surface area contributed by atoms with Gasteiger partial charge in [-0.1, -0.05) is 30.9 Å². The molecule has 0 fully saturated rings. The zero-order valence-corrected chi connectivity index (χ0v) is 21.0. The van der Waals surface area contributed by atoms with E-state index >= 15 is 0 Å². The smallest absolute Gasteiger partial charge is 0.232 e. The molecule has 178 valence electrons. The van der Waals surface area contributed by atoms with E-state index in [0.29, 0.717) is 23.4 Å². The number of carbonyl (C=O) groups excluding carboxylic acids is 2. The van der Waals surface area contributed by atoms with Crippen LogP contribution in [0.4, 0.5) is 17.8 Å². The molecular formula is C25H36N6O2. The van der Waals surface area contributed by atoms with Gasteiger partial charge in [0.15, 0.2) is 11.6 Å². The molecule has 0 aliphatic heterocycles. The maximum atomic E-state index is 12.2. The number of carbonyl (C=O) groups is 2. The number of likely N-dealkylation sites (N-methyl/N-ethyl adjacent to an activating group) is 1. The van der Waals surface area contributed by atoms with Gasteiger partial charge < -0.3 is 14.7 Å². The van der Waals surface area contributed by atoms with Crippen LogP contribution in [0.15, 0.2) is 54.3 Å². The maximum absolute atomic E-state index is 12.2. The standard InChI is InChI=1S/C25H36N6O2/c1-10-11-17-22(21(5)33)20(4)31(9)25-27-23(29(6)7)26-24(28-25)30(8)18(2)15-13-12-14-16-19(3)32/h10-14,16,18,20H,1,15H2,2-9H3/b13-12?,16-14-. The van der Waals surface area contributed by atoms with Crippen molar-refractivity contribution < 1.29 is 9.59 Å². The molecule has 8 nitrogen and oxygen atoms in total. The average Bonchev–Trinajstić information content (AvgIpc) is 2.76. The van der Waals surface area contributed by atoms with Crippen LogP contribution in [0.1, 0.15) is 34.1 Å². The molecule has 1 aromatic heterocycles. The van der Waals surface area contributed by atoms with Gasteiger partial charge in [-0.05, 0) is 46.3 Å². The Morgan fingerprint density at radius 1 is 0.970 bits per heavy atom. The number of Topliss-reactive ketones (excluding diaryl/α,β-unsaturated/α-hetero) is 1. The minimum Gasteiger partial charge on any atom is -0.347 e. The molecule has 8 heteroatoms. The summed E-state index contributed by atoms with van der Waals surface area (Å²) in [4.78, 5) is 42.7. The Balaban J connectivity index is 3.26. The predicted octanol–water partition coefficient (Wildman–Crippen LogP) is 3.54. The second-order valence-corrected chi connectivity index (χ2v) is 8.03. The molecule has 0 bridgehead atoms. The zero-order valence-electron chi connectivity index (χ0n) is 21.0. The van der Waals surface area contributed by atoms with Crippen LogP contribution < -0.4 is 14.7 Å². The molecule has 0 aliphatic carbocycles. The summed E-state index contributed by atoms with van der Waals surface area (Å²) in [6.07, 6.45) is 11.1. The fourth-order valence-electron chi connectivity index (χ4n) is 2.79. The van der Waals surface area contributed by atoms with Crippen LogP contribution in [0, 0.1) is 0 Å². The second kappa shape index (κ2) is 13.1. The van der Waals surface area contributed by atoms with Crippen molar-refractivity contribution in [1.82, 2.24) is 15.0 Å². The molecule has 0 radical (unpaired) electrons. The highest BCUT2D eigenvalue weighted by Crippen LogP contribution is 2.22. The molecule has 0 amide bonds. The fraction of sp³-hybridized carbons (Fsp3) is 0.440. The van der Waals surface area contributed by atoms with E-state index in [1.807, 2.05) is 62.0 Å². The van der Waals surface area contributed by atoms with Gasteiger partial charge in [-0.15, -0.1) is 5.73 Å². The minimum atomic E-state index is -0.303. The van der Waals surface area contributed by atoms with Crippen molar-refractivity contribution in [3.8, 4) is 0 Å². The first-order valence-electron chi connectivity index (χ1n) is 10.8. The van der Waals surface area contributed by atoms with Gasteiger partial charge in [0.2, 0.25) is 17.8 Å². The van der Waals surface area contributed by atoms with Crippen molar-refractivity contribution in [1.29, 1.82) is 0 Å². The molecule has 0 saturated carbocycles. The highest BCUT2D eigenvalue weighted by atomic mass is 16.1. The quantitative estimate of drug-likeness (QED) is 0.271. The zero-order chi connectivity index (χ0) is 25.1. The van der Waals surface area contributed by atoms with Gasteiger partial charge in [0.25, 0.3) is 0 Å². The monoisotopic (exact) mass is 452 g/mol. The molecule has 0 N–H and O–H groups in total. The van der Waals surface area contributed by atoms with Crippen LogP contribution in [0.2, 0.25) is 0 Å². The third kappa shape index (κ3) is 8.50. The highest BCUT2D eigenvalue weighted by Gasteiger charge is 2.23. The van der Waals surface area contributed by atoms with Crippen molar-refractivity contribution >= 4 is 29.4 Å². The molecule has 1 heterocycles. The highest BCUT2D eigenvalue weighted by molar-refractivity contribution is 5.94. The Bertz CT molecular complexity index is 973. The van der Waals surface area contributed by atoms with Gasteiger partial charge in [-0.25, -0.2) is 0 Å². The number of nitrogens with zero attached hydrogens (tertiary/aromatic N) is 6. The molecule has 33 heavy (non-hydrogen) atoms. The van der Waals surface area contributed by atoms with E-state index in [9.17, 15) is 9.59 Å². The first-order valence-corrected chi connectivity index (χ1v) is 10.8. The van der Waals surface area contributed by atoms with E-state index < -0.39 is 0 Å². The first kappa shape index (κ1) is 27.5. The van der Waals surface area contributed by atoms with Crippen molar-refractivity contribution in [2.45, 2.75) is 46.2 Å². The van der Waals surface area contributed by atoms with Gasteiger partial charge >= 0.3 is 0 Å². The number of aromatic nitrogens is 3. The lowest BCUT2D eigenvalue weighted by Gasteiger charge is -2.29. The summed E-state index contributed by atoms with van der Waals surface area (Å²) in [6.45, 7) is 10.7. The van der Waals surface area contributed by atoms with Crippen molar-refractivity contribution in [3.63, 3.8) is 0 Å². The van der Waals surface area contributed by atoms with Crippen molar-refractivity contribution in [2.24, 2.45) is 0 Å². The number of allylic oxidation sites excluding steroid dienone is 4. The molecule has 0 aliphatic rings. The fourth-order valence-corrected chi connectivity index (χ4v) is 2.79. The van der Waals surface area contributed by atoms with E-state index in [-0.39, 0.29) is 23.7 Å². The summed E-state index contributed by atoms with van der Waals surface area (Å²) in [5.41, 5.74) is 3.52. The maximum Gasteiger partial charge on any atom is 0.232 e. The number of ketones is 2. The molecule has 0 aromatic carbocycles. The average molecular weight is 453 g/mol. The Morgan fingerprint density at radius 2 is 1.55 bits per heavy atom. The number of rotatable bonds is 12. The SMILES string of the molecule is C=CC=C=C(C(C)=O)C(C)N(C)c1nc(N(C)C)nc(N(C)C(C)CC=C/C=C\C(C)=O)n1. The summed E-state index contributed by atoms with van der Waals surface area (Å²) in [5, 5.41) is 0. The Hall–Kier alpha value is -3.51. The van der Waals surface area contributed by atoms with Crippen LogP contribution in [-0.4, -0.2) is 66.8 Å². The van der Waals surface area contributed by atoms with Gasteiger partial charge in [-0.3, -0.25) is 9.59 Å². The second-order valence-electron chi connectivity index (χ2n) is 8.03. The van der Waals surface area contributed by atoms with Crippen LogP contribution >= 0.6 is 0 Å². The Morgan fingerprint density at radius 3 is 2.06 bits per heavy atom. The van der Waals surface area contributed by atoms with Gasteiger partial charge in [0.05, 0.1) is 11.6 Å². The third-order valence-electron chi connectivity index (χ3n) is 5.08. The molecule has 1 aromatic rings. The topological polar surface area (TPSA) is 82.5 Å². The largest absolute Gasteiger partial charge is 0.347 e. The van der Waals surface area contributed by atoms with Crippen molar-refractivity contribution in [3.05, 3.63) is 54.3 Å². The molecule has 2 atom stereocenters. The molecule has 2 unspecified atom stereocenters. The lowest BCUT2D eigenvalue weighted by molar-refractivity contribution is -0.114. The summed E-state index contributed by atoms with van der Waals surface area (Å²) in [7, 11) is 7.51. The number of hydrogen-bond acceptors (Lipinski definition) is 8. The van der Waals surface area contributed by atoms with Gasteiger partial charge in [-0.2, -0.15) is 15.0 Å². The van der Waals surface area contributed by atoms with Gasteiger partial charge in [0.1, 0.15) is 0 Å². The van der Waals surface area contributed by atoms with E-state index in [0.717, 1.165) is 6.42 Å². The van der Waals surface area contributed by atoms with E-state index in [1.54, 1.807) is 18.2 Å². The third-order valence-corrected chi connectivity index (χ3v) is 5.08. The van der Waals surface area contributed by atoms with Gasteiger partial charge in [0, 0.05) is 34.2 Å². The number of hydrogen-bond donors (Lipinski definition) is 0. The summed E-state index contributed by atoms with van der Waals surface area (Å²) >= 11 is 0. The summed E-state index contributed by atoms with van der Waals surface area (Å²) < 4.78 is 0. The van der Waals surface area contributed by atoms with Crippen LogP contribution in [0.3, 0.4) is 0 Å². The molecule has 0 saturated heterocycles. The first-order chi connectivity index (χ1) is 15.5. The molecular weight excluding hydrogens is 416 g/mol. The normalized spacial score (nSPS) is 12.7. The van der Waals surface area contributed by atoms with Crippen LogP contribution in [0.5, 0.6) is 0 Å². The van der Waals surface area contributed by atoms with E-state index in [1.165, 1.54) is 19.9 Å². The molecule has 1 rings (SSSR count). The predicted molar refractivity (Wildman–Crippen MR) is 136 cm³/mol. The summed E-state index contributed by atoms with van der Waals surface area (Å²) in [6, 6.07) is -0.203. The van der Waals surface area contributed by atoms with Crippen LogP contribution in [-0.2, 0) is 9.59 Å². The van der Waals surface area contributed by atoms with E-state index in [4.69, 9.17) is 0 Å². The lowest BCUT2D eigenvalue weighted by atomic mass is 10.1. The Labute approximate surface area is 197 Å². The van der Waals surface area contributed by atoms with E-state index in [2.05, 4.69) is 34.2 Å². The minimum absolute atomic E-state index is 0.0138. The van der Waals surface area contributed by atoms with Crippen LogP contribution in [0.25, 0.3) is 0 Å². The Kier molecular flexibility index (Phi) is 11.0. The molecule has 0 spiro atoms. The number of anilines is 3.